The first-order valence-electron chi connectivity index (χ1n) is 22.5. The SMILES string of the molecule is CCCCCCCCC=CCCCCCCCC(=O)OCC(CN(C)Cc1ccc(C(=O)O)cc1)OC(=O)CCCCCCC/C=C\CCCCCCCC. The highest BCUT2D eigenvalue weighted by Gasteiger charge is 2.19. The van der Waals surface area contributed by atoms with Crippen LogP contribution in [-0.4, -0.2) is 54.2 Å². The van der Waals surface area contributed by atoms with E-state index in [1.165, 1.54) is 116 Å². The number of hydrogen-bond acceptors (Lipinski definition) is 6. The molecular formula is C48H81NO6. The van der Waals surface area contributed by atoms with Crippen molar-refractivity contribution in [3.63, 3.8) is 0 Å². The Kier molecular flexibility index (Phi) is 33.4. The van der Waals surface area contributed by atoms with Gasteiger partial charge in [0.2, 0.25) is 0 Å². The number of aromatic carboxylic acids is 1. The molecule has 1 aromatic rings. The van der Waals surface area contributed by atoms with Gasteiger partial charge in [0.15, 0.2) is 0 Å². The van der Waals surface area contributed by atoms with E-state index in [9.17, 15) is 19.5 Å². The highest BCUT2D eigenvalue weighted by molar-refractivity contribution is 5.87. The van der Waals surface area contributed by atoms with E-state index in [0.717, 1.165) is 56.9 Å². The van der Waals surface area contributed by atoms with Crippen molar-refractivity contribution in [2.45, 2.75) is 206 Å². The first kappa shape index (κ1) is 50.1. The second-order valence-corrected chi connectivity index (χ2v) is 15.7. The standard InChI is InChI=1S/C48H81NO6/c1-4-6-8-10-12-14-16-18-20-22-24-26-28-30-32-34-46(50)54-42-45(41-49(3)40-43-36-38-44(39-37-43)48(52)53)55-47(51)35-33-31-29-27-25-23-21-19-17-15-13-11-9-7-5-2/h18-21,36-39,45H,4-17,22-35,40-42H2,1-3H3,(H,52,53)/b20-18?,21-19-. The van der Waals surface area contributed by atoms with E-state index in [0.29, 0.717) is 25.9 Å². The minimum Gasteiger partial charge on any atom is -0.478 e. The fraction of sp³-hybridized carbons (Fsp3) is 0.729. The number of unbranched alkanes of at least 4 members (excludes halogenated alkanes) is 22. The van der Waals surface area contributed by atoms with Gasteiger partial charge in [-0.2, -0.15) is 0 Å². The van der Waals surface area contributed by atoms with Crippen molar-refractivity contribution < 1.29 is 29.0 Å². The molecule has 1 rings (SSSR count). The number of carboxylic acids is 1. The number of esters is 2. The van der Waals surface area contributed by atoms with Crippen LogP contribution in [0.1, 0.15) is 210 Å². The summed E-state index contributed by atoms with van der Waals surface area (Å²) in [4.78, 5) is 38.7. The average molecular weight is 768 g/mol. The molecule has 7 heteroatoms. The van der Waals surface area contributed by atoms with Crippen LogP contribution in [0.3, 0.4) is 0 Å². The Morgan fingerprint density at radius 1 is 0.582 bits per heavy atom. The first-order chi connectivity index (χ1) is 26.8. The lowest BCUT2D eigenvalue weighted by molar-refractivity contribution is -0.160. The van der Waals surface area contributed by atoms with Crippen LogP contribution >= 0.6 is 0 Å². The van der Waals surface area contributed by atoms with Gasteiger partial charge in [-0.3, -0.25) is 14.5 Å². The summed E-state index contributed by atoms with van der Waals surface area (Å²) in [5.41, 5.74) is 1.19. The van der Waals surface area contributed by atoms with Gasteiger partial charge in [0.05, 0.1) is 5.56 Å². The van der Waals surface area contributed by atoms with Crippen LogP contribution in [0.2, 0.25) is 0 Å². The summed E-state index contributed by atoms with van der Waals surface area (Å²) >= 11 is 0. The molecule has 1 N–H and O–H groups in total. The molecule has 0 aliphatic heterocycles. The molecule has 314 valence electrons. The summed E-state index contributed by atoms with van der Waals surface area (Å²) in [5, 5.41) is 9.21. The number of ether oxygens (including phenoxy) is 2. The minimum absolute atomic E-state index is 0.0321. The van der Waals surface area contributed by atoms with Gasteiger partial charge in [-0.1, -0.05) is 153 Å². The van der Waals surface area contributed by atoms with Gasteiger partial charge in [-0.15, -0.1) is 0 Å². The van der Waals surface area contributed by atoms with E-state index < -0.39 is 12.1 Å². The number of carbonyl (C=O) groups is 3. The maximum absolute atomic E-state index is 12.9. The van der Waals surface area contributed by atoms with E-state index >= 15 is 0 Å². The van der Waals surface area contributed by atoms with Gasteiger partial charge in [0.25, 0.3) is 0 Å². The van der Waals surface area contributed by atoms with Gasteiger partial charge >= 0.3 is 17.9 Å². The van der Waals surface area contributed by atoms with Crippen LogP contribution in [-0.2, 0) is 25.6 Å². The quantitative estimate of drug-likeness (QED) is 0.0407. The number of hydrogen-bond donors (Lipinski definition) is 1. The van der Waals surface area contributed by atoms with Crippen molar-refractivity contribution in [2.24, 2.45) is 0 Å². The van der Waals surface area contributed by atoms with Crippen LogP contribution in [0.5, 0.6) is 0 Å². The lowest BCUT2D eigenvalue weighted by atomic mass is 10.1. The third-order valence-electron chi connectivity index (χ3n) is 10.2. The minimum atomic E-state index is -0.957. The smallest absolute Gasteiger partial charge is 0.335 e. The van der Waals surface area contributed by atoms with E-state index in [4.69, 9.17) is 9.47 Å². The van der Waals surface area contributed by atoms with Crippen LogP contribution in [0, 0.1) is 0 Å². The molecule has 1 unspecified atom stereocenters. The molecule has 0 fully saturated rings. The maximum Gasteiger partial charge on any atom is 0.335 e. The molecule has 0 radical (unpaired) electrons. The third-order valence-corrected chi connectivity index (χ3v) is 10.2. The maximum atomic E-state index is 12.9. The fourth-order valence-corrected chi connectivity index (χ4v) is 6.78. The number of carboxylic acid groups (broad SMARTS) is 1. The lowest BCUT2D eigenvalue weighted by Crippen LogP contribution is -2.36. The number of benzene rings is 1. The summed E-state index contributed by atoms with van der Waals surface area (Å²) in [6.45, 7) is 5.50. The van der Waals surface area contributed by atoms with Crippen molar-refractivity contribution in [1.29, 1.82) is 0 Å². The molecule has 0 spiro atoms. The Balaban J connectivity index is 2.34. The Morgan fingerprint density at radius 2 is 0.982 bits per heavy atom. The van der Waals surface area contributed by atoms with Crippen LogP contribution in [0.25, 0.3) is 0 Å². The zero-order valence-corrected chi connectivity index (χ0v) is 35.6. The van der Waals surface area contributed by atoms with Crippen LogP contribution in [0.4, 0.5) is 0 Å². The second-order valence-electron chi connectivity index (χ2n) is 15.7. The van der Waals surface area contributed by atoms with Gasteiger partial charge in [-0.25, -0.2) is 4.79 Å². The number of allylic oxidation sites excluding steroid dienone is 4. The third kappa shape index (κ3) is 31.9. The number of carbonyl (C=O) groups excluding carboxylic acids is 2. The summed E-state index contributed by atoms with van der Waals surface area (Å²) in [5.74, 6) is -1.46. The largest absolute Gasteiger partial charge is 0.478 e. The molecule has 0 aliphatic carbocycles. The predicted octanol–water partition coefficient (Wildman–Crippen LogP) is 13.3. The Bertz CT molecular complexity index is 1130. The number of nitrogens with zero attached hydrogens (tertiary/aromatic N) is 1. The van der Waals surface area contributed by atoms with Crippen molar-refractivity contribution in [3.05, 3.63) is 59.7 Å². The molecule has 0 aromatic heterocycles. The van der Waals surface area contributed by atoms with Gasteiger partial charge in [0.1, 0.15) is 12.7 Å². The molecule has 55 heavy (non-hydrogen) atoms. The van der Waals surface area contributed by atoms with Crippen LogP contribution < -0.4 is 0 Å². The van der Waals surface area contributed by atoms with Crippen molar-refractivity contribution in [3.8, 4) is 0 Å². The summed E-state index contributed by atoms with van der Waals surface area (Å²) in [6.07, 6.45) is 40.8. The van der Waals surface area contributed by atoms with Crippen molar-refractivity contribution >= 4 is 17.9 Å². The monoisotopic (exact) mass is 768 g/mol. The number of rotatable bonds is 38. The van der Waals surface area contributed by atoms with E-state index in [2.05, 4.69) is 38.2 Å². The number of likely N-dealkylation sites (N-methyl/N-ethyl adjacent to an activating group) is 1. The highest BCUT2D eigenvalue weighted by Crippen LogP contribution is 2.14. The normalized spacial score (nSPS) is 12.2. The Morgan fingerprint density at radius 3 is 1.42 bits per heavy atom. The molecule has 1 aromatic carbocycles. The van der Waals surface area contributed by atoms with Crippen molar-refractivity contribution in [1.82, 2.24) is 4.90 Å². The Labute approximate surface area is 337 Å². The molecule has 0 bridgehead atoms. The summed E-state index contributed by atoms with van der Waals surface area (Å²) in [7, 11) is 1.92. The van der Waals surface area contributed by atoms with Gasteiger partial charge in [0, 0.05) is 25.9 Å². The fourth-order valence-electron chi connectivity index (χ4n) is 6.78. The zero-order chi connectivity index (χ0) is 40.0. The average Bonchev–Trinajstić information content (AvgIpc) is 3.17. The Hall–Kier alpha value is -2.93. The lowest BCUT2D eigenvalue weighted by Gasteiger charge is -2.24. The molecular weight excluding hydrogens is 687 g/mol. The van der Waals surface area contributed by atoms with E-state index in [1.54, 1.807) is 24.3 Å². The van der Waals surface area contributed by atoms with Crippen molar-refractivity contribution in [2.75, 3.05) is 20.2 Å². The molecule has 0 heterocycles. The molecule has 7 nitrogen and oxygen atoms in total. The molecule has 0 saturated carbocycles. The second kappa shape index (κ2) is 36.7. The molecule has 0 aliphatic rings. The summed E-state index contributed by atoms with van der Waals surface area (Å²) in [6, 6.07) is 6.77. The molecule has 0 amide bonds. The van der Waals surface area contributed by atoms with Gasteiger partial charge in [-0.05, 0) is 89.0 Å². The van der Waals surface area contributed by atoms with E-state index in [1.807, 2.05) is 11.9 Å². The van der Waals surface area contributed by atoms with E-state index in [-0.39, 0.29) is 24.1 Å². The topological polar surface area (TPSA) is 93.1 Å². The predicted molar refractivity (Wildman–Crippen MR) is 229 cm³/mol. The highest BCUT2D eigenvalue weighted by atomic mass is 16.6. The van der Waals surface area contributed by atoms with Gasteiger partial charge < -0.3 is 14.6 Å². The first-order valence-corrected chi connectivity index (χ1v) is 22.5. The zero-order valence-electron chi connectivity index (χ0n) is 35.6. The molecule has 1 atom stereocenters. The molecule has 0 saturated heterocycles. The van der Waals surface area contributed by atoms with Crippen LogP contribution in [0.15, 0.2) is 48.6 Å². The summed E-state index contributed by atoms with van der Waals surface area (Å²) < 4.78 is 11.5.